The van der Waals surface area contributed by atoms with Crippen LogP contribution in [0, 0.1) is 5.41 Å². The lowest BCUT2D eigenvalue weighted by Crippen LogP contribution is -2.12. The van der Waals surface area contributed by atoms with Crippen molar-refractivity contribution in [3.63, 3.8) is 0 Å². The topological polar surface area (TPSA) is 26.3 Å². The molecule has 0 saturated carbocycles. The predicted octanol–water partition coefficient (Wildman–Crippen LogP) is 5.89. The van der Waals surface area contributed by atoms with Crippen LogP contribution in [0.4, 0.5) is 0 Å². The Bertz CT molecular complexity index is 724. The number of carbonyl (C=O) groups excluding carboxylic acids is 1. The Hall–Kier alpha value is -2.00. The van der Waals surface area contributed by atoms with Crippen molar-refractivity contribution in [2.75, 3.05) is 6.61 Å². The molecule has 0 spiro atoms. The highest BCUT2D eigenvalue weighted by Gasteiger charge is 2.34. The van der Waals surface area contributed by atoms with Gasteiger partial charge in [-0.1, -0.05) is 61.2 Å². The first kappa shape index (κ1) is 17.8. The second-order valence-corrected chi connectivity index (χ2v) is 7.91. The number of hydrogen-bond donors (Lipinski definition) is 0. The van der Waals surface area contributed by atoms with Crippen LogP contribution in [0.25, 0.3) is 0 Å². The molecule has 0 heterocycles. The molecule has 2 aromatic carbocycles. The molecule has 2 nitrogen and oxygen atoms in total. The lowest BCUT2D eigenvalue weighted by molar-refractivity contribution is -0.115. The first-order chi connectivity index (χ1) is 12.1. The van der Waals surface area contributed by atoms with Crippen LogP contribution in [0.5, 0.6) is 5.75 Å². The summed E-state index contributed by atoms with van der Waals surface area (Å²) >= 11 is 1.59. The van der Waals surface area contributed by atoms with Gasteiger partial charge in [-0.3, -0.25) is 4.79 Å². The molecule has 0 bridgehead atoms. The summed E-state index contributed by atoms with van der Waals surface area (Å²) in [4.78, 5) is 14.4. The molecule has 0 fully saturated rings. The van der Waals surface area contributed by atoms with Crippen LogP contribution in [-0.2, 0) is 4.79 Å². The average Bonchev–Trinajstić information content (AvgIpc) is 2.90. The van der Waals surface area contributed by atoms with E-state index in [1.807, 2.05) is 48.5 Å². The number of hydrogen-bond acceptors (Lipinski definition) is 3. The van der Waals surface area contributed by atoms with E-state index in [2.05, 4.69) is 25.1 Å². The maximum absolute atomic E-state index is 12.4. The molecule has 1 atom stereocenters. The number of thioether (sulfide) groups is 1. The second-order valence-electron chi connectivity index (χ2n) is 6.80. The molecule has 1 aliphatic carbocycles. The summed E-state index contributed by atoms with van der Waals surface area (Å²) in [5.41, 5.74) is -0.0130. The van der Waals surface area contributed by atoms with Gasteiger partial charge >= 0.3 is 0 Å². The van der Waals surface area contributed by atoms with E-state index in [4.69, 9.17) is 4.74 Å². The molecular weight excluding hydrogens is 328 g/mol. The molecule has 2 aromatic rings. The van der Waals surface area contributed by atoms with Crippen molar-refractivity contribution in [1.82, 2.24) is 0 Å². The first-order valence-corrected chi connectivity index (χ1v) is 9.63. The minimum Gasteiger partial charge on any atom is -0.494 e. The molecule has 0 amide bonds. The number of Topliss-reactive ketones (excluding diaryl/α,β-unsaturated/α-hetero) is 1. The Kier molecular flexibility index (Phi) is 5.98. The Morgan fingerprint density at radius 2 is 1.68 bits per heavy atom. The van der Waals surface area contributed by atoms with E-state index in [0.717, 1.165) is 41.4 Å². The molecule has 0 aliphatic heterocycles. The van der Waals surface area contributed by atoms with Crippen molar-refractivity contribution in [2.24, 2.45) is 5.41 Å². The summed E-state index contributed by atoms with van der Waals surface area (Å²) in [6.45, 7) is 2.92. The van der Waals surface area contributed by atoms with Crippen LogP contribution < -0.4 is 4.74 Å². The zero-order valence-corrected chi connectivity index (χ0v) is 15.4. The molecule has 130 valence electrons. The number of unbranched alkanes of at least 4 members (excludes halogenated alkanes) is 1. The second kappa shape index (κ2) is 8.39. The van der Waals surface area contributed by atoms with E-state index in [1.54, 1.807) is 11.8 Å². The summed E-state index contributed by atoms with van der Waals surface area (Å²) in [5.74, 6) is 1.20. The quantitative estimate of drug-likeness (QED) is 0.554. The summed E-state index contributed by atoms with van der Waals surface area (Å²) in [7, 11) is 0. The molecule has 1 aliphatic rings. The van der Waals surface area contributed by atoms with Crippen LogP contribution in [0.3, 0.4) is 0 Å². The van der Waals surface area contributed by atoms with Gasteiger partial charge in [0.15, 0.2) is 5.78 Å². The van der Waals surface area contributed by atoms with Gasteiger partial charge in [-0.2, -0.15) is 0 Å². The van der Waals surface area contributed by atoms with E-state index >= 15 is 0 Å². The van der Waals surface area contributed by atoms with Gasteiger partial charge in [-0.05, 0) is 48.9 Å². The predicted molar refractivity (Wildman–Crippen MR) is 104 cm³/mol. The van der Waals surface area contributed by atoms with Crippen LogP contribution >= 0.6 is 11.8 Å². The van der Waals surface area contributed by atoms with Crippen molar-refractivity contribution in [2.45, 2.75) is 37.5 Å². The van der Waals surface area contributed by atoms with E-state index in [-0.39, 0.29) is 11.2 Å². The zero-order chi connectivity index (χ0) is 17.5. The lowest BCUT2D eigenvalue weighted by atomic mass is 9.84. The highest BCUT2D eigenvalue weighted by molar-refractivity contribution is 8.04. The van der Waals surface area contributed by atoms with Gasteiger partial charge < -0.3 is 4.74 Å². The molecule has 0 radical (unpaired) electrons. The molecule has 25 heavy (non-hydrogen) atoms. The van der Waals surface area contributed by atoms with Crippen molar-refractivity contribution in [3.8, 4) is 5.75 Å². The van der Waals surface area contributed by atoms with E-state index in [9.17, 15) is 4.79 Å². The monoisotopic (exact) mass is 352 g/mol. The minimum atomic E-state index is -0.0130. The van der Waals surface area contributed by atoms with Crippen LogP contribution in [0.1, 0.15) is 32.6 Å². The maximum Gasteiger partial charge on any atom is 0.170 e. The smallest absolute Gasteiger partial charge is 0.170 e. The highest BCUT2D eigenvalue weighted by Crippen LogP contribution is 2.43. The van der Waals surface area contributed by atoms with E-state index in [1.165, 1.54) is 0 Å². The number of benzene rings is 2. The minimum absolute atomic E-state index is 0.0130. The molecule has 3 heteroatoms. The SMILES string of the molecule is CC1(CCCCOc2ccccc2)C=C(Sc2ccccc2)C(=O)C1. The molecule has 1 unspecified atom stereocenters. The fraction of sp³-hybridized carbons (Fsp3) is 0.318. The normalized spacial score (nSPS) is 19.7. The summed E-state index contributed by atoms with van der Waals surface area (Å²) in [5, 5.41) is 0. The van der Waals surface area contributed by atoms with Crippen LogP contribution in [0.2, 0.25) is 0 Å². The van der Waals surface area contributed by atoms with Gasteiger partial charge in [-0.15, -0.1) is 0 Å². The molecule has 3 rings (SSSR count). The van der Waals surface area contributed by atoms with Crippen molar-refractivity contribution < 1.29 is 9.53 Å². The Labute approximate surface area is 154 Å². The Balaban J connectivity index is 1.46. The van der Waals surface area contributed by atoms with Gasteiger partial charge in [-0.25, -0.2) is 0 Å². The van der Waals surface area contributed by atoms with Crippen molar-refractivity contribution in [3.05, 3.63) is 71.6 Å². The number of rotatable bonds is 8. The van der Waals surface area contributed by atoms with Crippen LogP contribution in [0.15, 0.2) is 76.5 Å². The van der Waals surface area contributed by atoms with Gasteiger partial charge in [0, 0.05) is 11.3 Å². The van der Waals surface area contributed by atoms with E-state index < -0.39 is 0 Å². The number of carbonyl (C=O) groups is 1. The van der Waals surface area contributed by atoms with Gasteiger partial charge in [0.05, 0.1) is 11.5 Å². The summed E-state index contributed by atoms with van der Waals surface area (Å²) in [6.07, 6.45) is 5.91. The number of allylic oxidation sites excluding steroid dienone is 2. The third-order valence-electron chi connectivity index (χ3n) is 4.44. The third kappa shape index (κ3) is 5.23. The standard InChI is InChI=1S/C22H24O2S/c1-22(14-8-9-15-24-18-10-4-2-5-11-18)16-20(23)21(17-22)25-19-12-6-3-7-13-19/h2-7,10-13,17H,8-9,14-16H2,1H3. The summed E-state index contributed by atoms with van der Waals surface area (Å²) < 4.78 is 5.74. The molecular formula is C22H24O2S. The fourth-order valence-corrected chi connectivity index (χ4v) is 4.18. The third-order valence-corrected chi connectivity index (χ3v) is 5.52. The van der Waals surface area contributed by atoms with E-state index in [0.29, 0.717) is 6.42 Å². The lowest BCUT2D eigenvalue weighted by Gasteiger charge is -2.20. The number of para-hydroxylation sites is 1. The zero-order valence-electron chi connectivity index (χ0n) is 14.6. The first-order valence-electron chi connectivity index (χ1n) is 8.81. The van der Waals surface area contributed by atoms with Crippen LogP contribution in [-0.4, -0.2) is 12.4 Å². The fourth-order valence-electron chi connectivity index (χ4n) is 3.10. The van der Waals surface area contributed by atoms with Crippen molar-refractivity contribution in [1.29, 1.82) is 0 Å². The number of ketones is 1. The van der Waals surface area contributed by atoms with Crippen molar-refractivity contribution >= 4 is 17.5 Å². The van der Waals surface area contributed by atoms with Gasteiger partial charge in [0.2, 0.25) is 0 Å². The number of ether oxygens (including phenoxy) is 1. The van der Waals surface area contributed by atoms with Gasteiger partial charge in [0.25, 0.3) is 0 Å². The highest BCUT2D eigenvalue weighted by atomic mass is 32.2. The maximum atomic E-state index is 12.4. The molecule has 0 N–H and O–H groups in total. The summed E-state index contributed by atoms with van der Waals surface area (Å²) in [6, 6.07) is 20.0. The average molecular weight is 352 g/mol. The largest absolute Gasteiger partial charge is 0.494 e. The van der Waals surface area contributed by atoms with Gasteiger partial charge in [0.1, 0.15) is 5.75 Å². The Morgan fingerprint density at radius 1 is 1.00 bits per heavy atom. The molecule has 0 aromatic heterocycles. The molecule has 0 saturated heterocycles. The Morgan fingerprint density at radius 3 is 2.40 bits per heavy atom.